The van der Waals surface area contributed by atoms with E-state index in [9.17, 15) is 10.1 Å². The van der Waals surface area contributed by atoms with E-state index in [1.54, 1.807) is 12.0 Å². The molecule has 26 heavy (non-hydrogen) atoms. The topological polar surface area (TPSA) is 53.3 Å². The Labute approximate surface area is 152 Å². The van der Waals surface area contributed by atoms with E-state index in [0.29, 0.717) is 5.56 Å². The zero-order chi connectivity index (χ0) is 18.3. The predicted octanol–water partition coefficient (Wildman–Crippen LogP) is 4.63. The van der Waals surface area contributed by atoms with Crippen LogP contribution in [-0.4, -0.2) is 17.9 Å². The zero-order valence-electron chi connectivity index (χ0n) is 14.6. The summed E-state index contributed by atoms with van der Waals surface area (Å²) in [5, 5.41) is 11.7. The van der Waals surface area contributed by atoms with Crippen molar-refractivity contribution in [2.24, 2.45) is 0 Å². The molecule has 0 saturated carbocycles. The highest BCUT2D eigenvalue weighted by Crippen LogP contribution is 2.42. The molecule has 0 saturated heterocycles. The molecule has 4 heteroatoms. The van der Waals surface area contributed by atoms with Crippen LogP contribution in [0, 0.1) is 11.3 Å². The highest BCUT2D eigenvalue weighted by atomic mass is 16.5. The van der Waals surface area contributed by atoms with Gasteiger partial charge in [0.05, 0.1) is 24.8 Å². The van der Waals surface area contributed by atoms with E-state index in [4.69, 9.17) is 4.74 Å². The average molecular weight is 342 g/mol. The Morgan fingerprint density at radius 2 is 1.81 bits per heavy atom. The van der Waals surface area contributed by atoms with E-state index in [1.807, 2.05) is 67.6 Å². The van der Waals surface area contributed by atoms with Gasteiger partial charge in [-0.2, -0.15) is 5.26 Å². The number of rotatable bonds is 3. The first-order valence-corrected chi connectivity index (χ1v) is 8.53. The van der Waals surface area contributed by atoms with E-state index in [0.717, 1.165) is 27.6 Å². The number of benzene rings is 3. The summed E-state index contributed by atoms with van der Waals surface area (Å²) < 4.78 is 5.20. The molecule has 1 aliphatic rings. The molecule has 4 nitrogen and oxygen atoms in total. The largest absolute Gasteiger partial charge is 0.497 e. The molecular weight excluding hydrogens is 324 g/mol. The summed E-state index contributed by atoms with van der Waals surface area (Å²) in [6.07, 6.45) is 0. The van der Waals surface area contributed by atoms with Gasteiger partial charge in [-0.15, -0.1) is 0 Å². The fourth-order valence-electron chi connectivity index (χ4n) is 3.73. The predicted molar refractivity (Wildman–Crippen MR) is 99.9 cm³/mol. The van der Waals surface area contributed by atoms with Crippen LogP contribution in [0.1, 0.15) is 40.5 Å². The van der Waals surface area contributed by atoms with Gasteiger partial charge in [0, 0.05) is 5.56 Å². The van der Waals surface area contributed by atoms with Crippen LogP contribution in [0.4, 0.5) is 0 Å². The van der Waals surface area contributed by atoms with Gasteiger partial charge in [-0.1, -0.05) is 48.5 Å². The summed E-state index contributed by atoms with van der Waals surface area (Å²) in [4.78, 5) is 14.9. The summed E-state index contributed by atoms with van der Waals surface area (Å²) >= 11 is 0. The van der Waals surface area contributed by atoms with E-state index < -0.39 is 6.04 Å². The van der Waals surface area contributed by atoms with Gasteiger partial charge in [0.1, 0.15) is 11.8 Å². The lowest BCUT2D eigenvalue weighted by Gasteiger charge is -2.28. The Bertz CT molecular complexity index is 1030. The summed E-state index contributed by atoms with van der Waals surface area (Å²) in [6, 6.07) is 20.8. The van der Waals surface area contributed by atoms with Crippen molar-refractivity contribution in [2.75, 3.05) is 7.11 Å². The Morgan fingerprint density at radius 3 is 2.50 bits per heavy atom. The van der Waals surface area contributed by atoms with Crippen molar-refractivity contribution in [1.29, 1.82) is 5.26 Å². The van der Waals surface area contributed by atoms with Gasteiger partial charge in [-0.3, -0.25) is 4.79 Å². The molecule has 2 atom stereocenters. The molecule has 2 unspecified atom stereocenters. The van der Waals surface area contributed by atoms with Gasteiger partial charge in [0.15, 0.2) is 0 Å². The van der Waals surface area contributed by atoms with Gasteiger partial charge < -0.3 is 9.64 Å². The second-order valence-electron chi connectivity index (χ2n) is 6.44. The number of nitrogens with zero attached hydrogens (tertiary/aromatic N) is 2. The fourth-order valence-corrected chi connectivity index (χ4v) is 3.73. The van der Waals surface area contributed by atoms with Crippen LogP contribution in [0.3, 0.4) is 0 Å². The standard InChI is InChI=1S/C22H18N2O2/c1-14(15-7-10-17(26-2)11-8-15)24-20(13-23)19-12-9-16-5-3-4-6-18(16)21(19)22(24)25/h3-12,14,20H,1-2H3. The molecule has 4 rings (SSSR count). The van der Waals surface area contributed by atoms with Crippen molar-refractivity contribution in [3.8, 4) is 11.8 Å². The van der Waals surface area contributed by atoms with Crippen LogP contribution in [0.25, 0.3) is 10.8 Å². The van der Waals surface area contributed by atoms with Crippen molar-refractivity contribution in [1.82, 2.24) is 4.90 Å². The van der Waals surface area contributed by atoms with Gasteiger partial charge >= 0.3 is 0 Å². The summed E-state index contributed by atoms with van der Waals surface area (Å²) in [5.74, 6) is 0.673. The first kappa shape index (κ1) is 16.2. The van der Waals surface area contributed by atoms with Crippen LogP contribution in [0.5, 0.6) is 5.75 Å². The highest BCUT2D eigenvalue weighted by molar-refractivity contribution is 6.11. The number of carbonyl (C=O) groups excluding carboxylic acids is 1. The summed E-state index contributed by atoms with van der Waals surface area (Å²) in [6.45, 7) is 1.96. The van der Waals surface area contributed by atoms with Gasteiger partial charge in [0.25, 0.3) is 5.91 Å². The highest BCUT2D eigenvalue weighted by Gasteiger charge is 2.40. The maximum Gasteiger partial charge on any atom is 0.256 e. The molecule has 1 aliphatic heterocycles. The molecule has 0 spiro atoms. The molecular formula is C22H18N2O2. The molecule has 0 fully saturated rings. The van der Waals surface area contributed by atoms with Crippen LogP contribution < -0.4 is 4.74 Å². The minimum absolute atomic E-state index is 0.0910. The quantitative estimate of drug-likeness (QED) is 0.697. The van der Waals surface area contributed by atoms with Gasteiger partial charge in [-0.25, -0.2) is 0 Å². The lowest BCUT2D eigenvalue weighted by molar-refractivity contribution is 0.0688. The maximum absolute atomic E-state index is 13.3. The van der Waals surface area contributed by atoms with E-state index in [1.165, 1.54) is 0 Å². The van der Waals surface area contributed by atoms with Crippen LogP contribution >= 0.6 is 0 Å². The number of ether oxygens (including phenoxy) is 1. The molecule has 0 bridgehead atoms. The van der Waals surface area contributed by atoms with Crippen molar-refractivity contribution in [2.45, 2.75) is 19.0 Å². The lowest BCUT2D eigenvalue weighted by atomic mass is 9.98. The van der Waals surface area contributed by atoms with Crippen molar-refractivity contribution in [3.63, 3.8) is 0 Å². The molecule has 0 aromatic heterocycles. The first-order valence-electron chi connectivity index (χ1n) is 8.53. The minimum atomic E-state index is -0.584. The maximum atomic E-state index is 13.3. The molecule has 128 valence electrons. The SMILES string of the molecule is COc1ccc(C(C)N2C(=O)c3c(ccc4ccccc34)C2C#N)cc1. The number of carbonyl (C=O) groups is 1. The number of amides is 1. The Morgan fingerprint density at radius 1 is 1.08 bits per heavy atom. The Balaban J connectivity index is 1.80. The first-order chi connectivity index (χ1) is 12.7. The monoisotopic (exact) mass is 342 g/mol. The molecule has 3 aromatic rings. The molecule has 0 radical (unpaired) electrons. The van der Waals surface area contributed by atoms with Crippen LogP contribution in [-0.2, 0) is 0 Å². The Kier molecular flexibility index (Phi) is 3.85. The lowest BCUT2D eigenvalue weighted by Crippen LogP contribution is -2.30. The van der Waals surface area contributed by atoms with Crippen LogP contribution in [0.2, 0.25) is 0 Å². The smallest absolute Gasteiger partial charge is 0.256 e. The zero-order valence-corrected chi connectivity index (χ0v) is 14.6. The number of fused-ring (bicyclic) bond motifs is 3. The second-order valence-corrected chi connectivity index (χ2v) is 6.44. The van der Waals surface area contributed by atoms with E-state index in [-0.39, 0.29) is 11.9 Å². The molecule has 0 aliphatic carbocycles. The summed E-state index contributed by atoms with van der Waals surface area (Å²) in [7, 11) is 1.62. The third kappa shape index (κ3) is 2.33. The van der Waals surface area contributed by atoms with Crippen LogP contribution in [0.15, 0.2) is 60.7 Å². The number of hydrogen-bond donors (Lipinski definition) is 0. The van der Waals surface area contributed by atoms with Gasteiger partial charge in [0.2, 0.25) is 0 Å². The summed E-state index contributed by atoms with van der Waals surface area (Å²) in [5.41, 5.74) is 2.41. The fraction of sp³-hybridized carbons (Fsp3) is 0.182. The number of hydrogen-bond acceptors (Lipinski definition) is 3. The third-order valence-electron chi connectivity index (χ3n) is 5.12. The van der Waals surface area contributed by atoms with E-state index in [2.05, 4.69) is 6.07 Å². The molecule has 0 N–H and O–H groups in total. The average Bonchev–Trinajstić information content (AvgIpc) is 2.99. The second kappa shape index (κ2) is 6.20. The van der Waals surface area contributed by atoms with Crippen molar-refractivity contribution >= 4 is 16.7 Å². The normalized spacial score (nSPS) is 17.0. The van der Waals surface area contributed by atoms with Crippen molar-refractivity contribution in [3.05, 3.63) is 77.4 Å². The molecule has 1 amide bonds. The minimum Gasteiger partial charge on any atom is -0.497 e. The number of methoxy groups -OCH3 is 1. The third-order valence-corrected chi connectivity index (χ3v) is 5.12. The number of nitriles is 1. The van der Waals surface area contributed by atoms with Gasteiger partial charge in [-0.05, 0) is 35.4 Å². The van der Waals surface area contributed by atoms with E-state index >= 15 is 0 Å². The molecule has 1 heterocycles. The molecule has 3 aromatic carbocycles. The Hall–Kier alpha value is -3.32. The van der Waals surface area contributed by atoms with Crippen molar-refractivity contribution < 1.29 is 9.53 Å².